The van der Waals surface area contributed by atoms with Gasteiger partial charge in [-0.25, -0.2) is 24.2 Å². The average Bonchev–Trinajstić information content (AvgIpc) is 3.67. The summed E-state index contributed by atoms with van der Waals surface area (Å²) in [5.41, 5.74) is 0.116. The summed E-state index contributed by atoms with van der Waals surface area (Å²) in [5, 5.41) is 34.7. The molecular weight excluding hydrogens is 646 g/mol. The van der Waals surface area contributed by atoms with Crippen molar-refractivity contribution in [1.82, 2.24) is 29.3 Å². The van der Waals surface area contributed by atoms with Gasteiger partial charge in [0.05, 0.1) is 34.6 Å². The molecule has 1 aliphatic rings. The van der Waals surface area contributed by atoms with Crippen molar-refractivity contribution in [3.63, 3.8) is 0 Å². The molecule has 4 aromatic rings. The molecule has 4 heterocycles. The summed E-state index contributed by atoms with van der Waals surface area (Å²) >= 11 is 0. The highest BCUT2D eigenvalue weighted by molar-refractivity contribution is 5.98. The first-order valence-electron chi connectivity index (χ1n) is 16.6. The Kier molecular flexibility index (Phi) is 10.0. The number of aliphatic hydroxyl groups excluding tert-OH is 1. The predicted octanol–water partition coefficient (Wildman–Crippen LogP) is 6.19. The highest BCUT2D eigenvalue weighted by atomic mass is 16.6. The zero-order chi connectivity index (χ0) is 36.5. The van der Waals surface area contributed by atoms with E-state index in [1.165, 1.54) is 25.2 Å². The number of nitro groups is 1. The molecule has 0 bridgehead atoms. The molecule has 16 heteroatoms. The largest absolute Gasteiger partial charge is 0.444 e. The van der Waals surface area contributed by atoms with Crippen LogP contribution in [0.2, 0.25) is 0 Å². The lowest BCUT2D eigenvalue weighted by atomic mass is 9.99. The third-order valence-electron chi connectivity index (χ3n) is 7.92. The minimum absolute atomic E-state index is 0.0119. The molecule has 0 spiro atoms. The number of carbonyl (C=O) groups excluding carboxylic acids is 2. The number of nitrogens with one attached hydrogen (secondary N) is 1. The molecule has 2 amide bonds. The second kappa shape index (κ2) is 13.9. The minimum atomic E-state index is -0.891. The number of carbonyl (C=O) groups is 2. The number of hydrogen-bond donors (Lipinski definition) is 2. The van der Waals surface area contributed by atoms with Crippen LogP contribution in [0.1, 0.15) is 79.7 Å². The molecule has 1 fully saturated rings. The fraction of sp³-hybridized carbons (Fsp3) is 0.500. The van der Waals surface area contributed by atoms with E-state index in [0.29, 0.717) is 42.2 Å². The lowest BCUT2D eigenvalue weighted by Gasteiger charge is -2.39. The second-order valence-electron chi connectivity index (χ2n) is 14.5. The first-order chi connectivity index (χ1) is 23.4. The van der Waals surface area contributed by atoms with E-state index in [1.54, 1.807) is 78.1 Å². The number of para-hydroxylation sites is 2. The van der Waals surface area contributed by atoms with Crippen LogP contribution < -0.4 is 10.2 Å². The Labute approximate surface area is 290 Å². The Morgan fingerprint density at radius 3 is 2.44 bits per heavy atom. The molecule has 0 radical (unpaired) electrons. The van der Waals surface area contributed by atoms with Crippen molar-refractivity contribution < 1.29 is 29.1 Å². The average molecular weight is 692 g/mol. The summed E-state index contributed by atoms with van der Waals surface area (Å²) in [4.78, 5) is 46.1. The van der Waals surface area contributed by atoms with Crippen molar-refractivity contribution in [3.05, 3.63) is 64.6 Å². The van der Waals surface area contributed by atoms with Crippen molar-refractivity contribution in [2.45, 2.75) is 97.5 Å². The number of nitrogens with zero attached hydrogens (tertiary/aromatic N) is 8. The molecule has 3 aromatic heterocycles. The van der Waals surface area contributed by atoms with E-state index in [4.69, 9.17) is 14.5 Å². The van der Waals surface area contributed by atoms with Crippen molar-refractivity contribution in [1.29, 1.82) is 0 Å². The SMILES string of the molecule is CC(C)c1cnn2c(N(C(=O)OC(C)(C)C)c3ccccc3-n3cc([N+](=O)[O-])cn3)cc(NCC3C(O)CCCN3C(=O)OC(C)(C)C)nc12. The normalized spacial score (nSPS) is 16.8. The fourth-order valence-corrected chi connectivity index (χ4v) is 5.67. The molecule has 50 heavy (non-hydrogen) atoms. The summed E-state index contributed by atoms with van der Waals surface area (Å²) < 4.78 is 14.4. The molecule has 1 saturated heterocycles. The van der Waals surface area contributed by atoms with Crippen LogP contribution in [-0.2, 0) is 9.47 Å². The highest BCUT2D eigenvalue weighted by Gasteiger charge is 2.36. The van der Waals surface area contributed by atoms with Crippen LogP contribution in [0.3, 0.4) is 0 Å². The second-order valence-corrected chi connectivity index (χ2v) is 14.5. The van der Waals surface area contributed by atoms with Crippen molar-refractivity contribution in [2.75, 3.05) is 23.3 Å². The summed E-state index contributed by atoms with van der Waals surface area (Å²) in [6, 6.07) is 7.82. The summed E-state index contributed by atoms with van der Waals surface area (Å²) in [6.07, 6.45) is 3.15. The standard InChI is InChI=1S/C34H45N9O7/c1-21(2)23-18-37-42-29(16-28(38-30(23)42)35-19-26-27(44)14-11-15-39(26)31(45)49-33(3,4)5)41(32(46)50-34(6,7)8)25-13-10-9-12-24(25)40-20-22(17-36-40)43(47)48/h9-10,12-13,16-18,20-21,26-27,44H,11,14-15,19H2,1-8H3,(H,35,38). The molecule has 2 N–H and O–H groups in total. The van der Waals surface area contributed by atoms with Gasteiger partial charge in [0.25, 0.3) is 0 Å². The number of amides is 2. The van der Waals surface area contributed by atoms with Crippen molar-refractivity contribution in [2.24, 2.45) is 0 Å². The molecule has 1 aromatic carbocycles. The Bertz CT molecular complexity index is 1870. The van der Waals surface area contributed by atoms with Gasteiger partial charge in [-0.3, -0.25) is 10.1 Å². The molecule has 2 atom stereocenters. The van der Waals surface area contributed by atoms with Gasteiger partial charge in [0.15, 0.2) is 5.65 Å². The van der Waals surface area contributed by atoms with E-state index in [-0.39, 0.29) is 24.0 Å². The lowest BCUT2D eigenvalue weighted by Crippen LogP contribution is -2.55. The Balaban J connectivity index is 1.63. The Morgan fingerprint density at radius 1 is 1.10 bits per heavy atom. The maximum atomic E-state index is 14.2. The smallest absolute Gasteiger partial charge is 0.420 e. The van der Waals surface area contributed by atoms with E-state index in [2.05, 4.69) is 15.5 Å². The van der Waals surface area contributed by atoms with Crippen LogP contribution in [0.4, 0.5) is 32.6 Å². The van der Waals surface area contributed by atoms with Gasteiger partial charge >= 0.3 is 17.9 Å². The molecule has 5 rings (SSSR count). The molecule has 0 aliphatic carbocycles. The number of anilines is 3. The number of likely N-dealkylation sites (tertiary alicyclic amines) is 1. The van der Waals surface area contributed by atoms with Crippen LogP contribution in [0.5, 0.6) is 0 Å². The Morgan fingerprint density at radius 2 is 1.80 bits per heavy atom. The first kappa shape index (κ1) is 36.0. The number of rotatable bonds is 8. The zero-order valence-corrected chi connectivity index (χ0v) is 29.7. The minimum Gasteiger partial charge on any atom is -0.444 e. The van der Waals surface area contributed by atoms with E-state index in [9.17, 15) is 24.8 Å². The van der Waals surface area contributed by atoms with Gasteiger partial charge in [-0.1, -0.05) is 26.0 Å². The van der Waals surface area contributed by atoms with E-state index < -0.39 is 40.5 Å². The first-order valence-corrected chi connectivity index (χ1v) is 16.6. The third-order valence-corrected chi connectivity index (χ3v) is 7.92. The van der Waals surface area contributed by atoms with Gasteiger partial charge in [0.2, 0.25) is 0 Å². The fourth-order valence-electron chi connectivity index (χ4n) is 5.67. The number of benzene rings is 1. The molecule has 1 aliphatic heterocycles. The van der Waals surface area contributed by atoms with Crippen LogP contribution >= 0.6 is 0 Å². The van der Waals surface area contributed by atoms with Crippen molar-refractivity contribution in [3.8, 4) is 5.69 Å². The van der Waals surface area contributed by atoms with Crippen LogP contribution in [-0.4, -0.2) is 87.9 Å². The molecule has 0 saturated carbocycles. The Hall–Kier alpha value is -5.25. The summed E-state index contributed by atoms with van der Waals surface area (Å²) in [7, 11) is 0. The molecule has 268 valence electrons. The van der Waals surface area contributed by atoms with Crippen LogP contribution in [0.15, 0.2) is 48.9 Å². The van der Waals surface area contributed by atoms with Gasteiger partial charge in [-0.2, -0.15) is 14.7 Å². The van der Waals surface area contributed by atoms with Crippen LogP contribution in [0, 0.1) is 10.1 Å². The van der Waals surface area contributed by atoms with Gasteiger partial charge in [-0.05, 0) is 72.4 Å². The zero-order valence-electron chi connectivity index (χ0n) is 29.7. The highest BCUT2D eigenvalue weighted by Crippen LogP contribution is 2.36. The summed E-state index contributed by atoms with van der Waals surface area (Å²) in [6.45, 7) is 15.2. The lowest BCUT2D eigenvalue weighted by molar-refractivity contribution is -0.384. The number of ether oxygens (including phenoxy) is 2. The monoisotopic (exact) mass is 691 g/mol. The van der Waals surface area contributed by atoms with Gasteiger partial charge in [0, 0.05) is 24.7 Å². The molecule has 2 unspecified atom stereocenters. The maximum absolute atomic E-state index is 14.2. The van der Waals surface area contributed by atoms with E-state index in [0.717, 1.165) is 11.8 Å². The van der Waals surface area contributed by atoms with Gasteiger partial charge in [0.1, 0.15) is 35.2 Å². The number of hydrogen-bond acceptors (Lipinski definition) is 11. The number of aromatic nitrogens is 5. The van der Waals surface area contributed by atoms with Crippen molar-refractivity contribution >= 4 is 40.8 Å². The maximum Gasteiger partial charge on any atom is 0.420 e. The van der Waals surface area contributed by atoms with Gasteiger partial charge in [-0.15, -0.1) is 0 Å². The number of aliphatic hydroxyl groups is 1. The molecule has 16 nitrogen and oxygen atoms in total. The summed E-state index contributed by atoms with van der Waals surface area (Å²) in [5.74, 6) is 0.608. The predicted molar refractivity (Wildman–Crippen MR) is 186 cm³/mol. The molecular formula is C34H45N9O7. The van der Waals surface area contributed by atoms with Crippen LogP contribution in [0.25, 0.3) is 11.3 Å². The van der Waals surface area contributed by atoms with E-state index in [1.807, 2.05) is 13.8 Å². The van der Waals surface area contributed by atoms with Gasteiger partial charge < -0.3 is 24.8 Å². The number of piperidine rings is 1. The number of fused-ring (bicyclic) bond motifs is 1. The quantitative estimate of drug-likeness (QED) is 0.159. The topological polar surface area (TPSA) is 182 Å². The van der Waals surface area contributed by atoms with E-state index >= 15 is 0 Å². The third kappa shape index (κ3) is 7.96.